The molecule has 1 aliphatic rings. The molecule has 0 radical (unpaired) electrons. The number of benzene rings is 1. The zero-order valence-electron chi connectivity index (χ0n) is 18.8. The van der Waals surface area contributed by atoms with E-state index in [-0.39, 0.29) is 23.3 Å². The molecule has 1 aliphatic carbocycles. The Labute approximate surface area is 192 Å². The highest BCUT2D eigenvalue weighted by Gasteiger charge is 2.20. The number of carbonyl (C=O) groups excluding carboxylic acids is 1. The normalized spacial score (nSPS) is 14.7. The molecule has 32 heavy (non-hydrogen) atoms. The van der Waals surface area contributed by atoms with Crippen LogP contribution in [0, 0.1) is 6.92 Å². The topological polar surface area (TPSA) is 81.8 Å². The summed E-state index contributed by atoms with van der Waals surface area (Å²) in [4.78, 5) is 30.8. The number of rotatable bonds is 8. The van der Waals surface area contributed by atoms with Crippen molar-refractivity contribution in [3.05, 3.63) is 51.9 Å². The molecule has 0 spiro atoms. The van der Waals surface area contributed by atoms with Gasteiger partial charge >= 0.3 is 0 Å². The number of aryl methyl sites for hydroxylation is 3. The minimum absolute atomic E-state index is 0.00632. The molecule has 170 valence electrons. The van der Waals surface area contributed by atoms with Gasteiger partial charge in [0.25, 0.3) is 5.56 Å². The summed E-state index contributed by atoms with van der Waals surface area (Å²) < 4.78 is 3.43. The van der Waals surface area contributed by atoms with Gasteiger partial charge in [0.2, 0.25) is 5.91 Å². The van der Waals surface area contributed by atoms with Crippen LogP contribution in [-0.4, -0.2) is 37.0 Å². The maximum absolute atomic E-state index is 13.5. The molecule has 0 unspecified atom stereocenters. The number of nitrogens with zero attached hydrogens (tertiary/aromatic N) is 4. The standard InChI is InChI=1S/C24H31N5O2S/c1-3-29-22-21(17(2)27-29)26-24(32-16-20(30)25-19-12-8-5-9-13-19)28(23(22)31)15-14-18-10-6-4-7-11-18/h4,6-7,10-11,19H,3,5,8-9,12-16H2,1-2H3,(H,25,30). The van der Waals surface area contributed by atoms with Crippen molar-refractivity contribution in [1.29, 1.82) is 0 Å². The first-order valence-electron chi connectivity index (χ1n) is 11.5. The van der Waals surface area contributed by atoms with Gasteiger partial charge in [-0.25, -0.2) is 4.98 Å². The highest BCUT2D eigenvalue weighted by molar-refractivity contribution is 7.99. The number of carbonyl (C=O) groups is 1. The molecule has 3 aromatic rings. The van der Waals surface area contributed by atoms with Gasteiger partial charge in [-0.15, -0.1) is 0 Å². The Kier molecular flexibility index (Phi) is 7.29. The van der Waals surface area contributed by atoms with E-state index in [1.165, 1.54) is 31.0 Å². The highest BCUT2D eigenvalue weighted by Crippen LogP contribution is 2.21. The number of thioether (sulfide) groups is 1. The summed E-state index contributed by atoms with van der Waals surface area (Å²) >= 11 is 1.34. The van der Waals surface area contributed by atoms with Crippen LogP contribution >= 0.6 is 11.8 Å². The van der Waals surface area contributed by atoms with E-state index in [9.17, 15) is 9.59 Å². The predicted molar refractivity (Wildman–Crippen MR) is 128 cm³/mol. The minimum atomic E-state index is -0.0939. The van der Waals surface area contributed by atoms with E-state index in [4.69, 9.17) is 4.98 Å². The van der Waals surface area contributed by atoms with Crippen LogP contribution in [0.25, 0.3) is 11.0 Å². The predicted octanol–water partition coefficient (Wildman–Crippen LogP) is 3.71. The van der Waals surface area contributed by atoms with Crippen molar-refractivity contribution in [2.45, 2.75) is 76.7 Å². The van der Waals surface area contributed by atoms with E-state index in [0.717, 1.165) is 30.5 Å². The van der Waals surface area contributed by atoms with Gasteiger partial charge < -0.3 is 5.32 Å². The first-order valence-corrected chi connectivity index (χ1v) is 12.5. The Morgan fingerprint density at radius 3 is 2.66 bits per heavy atom. The van der Waals surface area contributed by atoms with E-state index in [2.05, 4.69) is 22.5 Å². The molecule has 0 aliphatic heterocycles. The third-order valence-corrected chi connectivity index (χ3v) is 7.03. The van der Waals surface area contributed by atoms with Crippen LogP contribution in [-0.2, 0) is 24.3 Å². The van der Waals surface area contributed by atoms with Crippen molar-refractivity contribution in [2.75, 3.05) is 5.75 Å². The molecule has 1 N–H and O–H groups in total. The fourth-order valence-corrected chi connectivity index (χ4v) is 5.19. The molecule has 1 aromatic carbocycles. The number of nitrogens with one attached hydrogen (secondary N) is 1. The summed E-state index contributed by atoms with van der Waals surface area (Å²) in [6.45, 7) is 4.96. The average Bonchev–Trinajstić information content (AvgIpc) is 3.14. The molecule has 1 fully saturated rings. The number of aromatic nitrogens is 4. The molecule has 7 nitrogen and oxygen atoms in total. The number of fused-ring (bicyclic) bond motifs is 1. The molecular weight excluding hydrogens is 422 g/mol. The Bertz CT molecular complexity index is 1130. The second kappa shape index (κ2) is 10.3. The van der Waals surface area contributed by atoms with Crippen molar-refractivity contribution in [3.63, 3.8) is 0 Å². The van der Waals surface area contributed by atoms with E-state index in [1.807, 2.05) is 32.0 Å². The van der Waals surface area contributed by atoms with E-state index in [1.54, 1.807) is 9.25 Å². The van der Waals surface area contributed by atoms with Crippen LogP contribution in [0.15, 0.2) is 40.3 Å². The van der Waals surface area contributed by atoms with Crippen molar-refractivity contribution >= 4 is 28.7 Å². The molecular formula is C24H31N5O2S. The van der Waals surface area contributed by atoms with Crippen LogP contribution in [0.4, 0.5) is 0 Å². The Hall–Kier alpha value is -2.61. The first kappa shape index (κ1) is 22.6. The zero-order valence-corrected chi connectivity index (χ0v) is 19.7. The SMILES string of the molecule is CCn1nc(C)c2nc(SCC(=O)NC3CCCCC3)n(CCc3ccccc3)c(=O)c21. The maximum atomic E-state index is 13.5. The van der Waals surface area contributed by atoms with Crippen LogP contribution < -0.4 is 10.9 Å². The van der Waals surface area contributed by atoms with Crippen molar-refractivity contribution < 1.29 is 4.79 Å². The highest BCUT2D eigenvalue weighted by atomic mass is 32.2. The number of hydrogen-bond acceptors (Lipinski definition) is 5. The third-order valence-electron chi connectivity index (χ3n) is 6.05. The molecule has 1 saturated carbocycles. The second-order valence-electron chi connectivity index (χ2n) is 8.38. The van der Waals surface area contributed by atoms with Crippen LogP contribution in [0.3, 0.4) is 0 Å². The second-order valence-corrected chi connectivity index (χ2v) is 9.32. The molecule has 2 heterocycles. The van der Waals surface area contributed by atoms with E-state index >= 15 is 0 Å². The summed E-state index contributed by atoms with van der Waals surface area (Å²) in [7, 11) is 0. The molecule has 0 bridgehead atoms. The maximum Gasteiger partial charge on any atom is 0.280 e. The smallest absolute Gasteiger partial charge is 0.280 e. The Morgan fingerprint density at radius 1 is 1.19 bits per heavy atom. The molecule has 0 saturated heterocycles. The van der Waals surface area contributed by atoms with E-state index in [0.29, 0.717) is 29.3 Å². The van der Waals surface area contributed by atoms with Crippen LogP contribution in [0.5, 0.6) is 0 Å². The van der Waals surface area contributed by atoms with Gasteiger partial charge in [0.05, 0.1) is 11.4 Å². The molecule has 2 aromatic heterocycles. The van der Waals surface area contributed by atoms with Gasteiger partial charge in [0, 0.05) is 19.1 Å². The van der Waals surface area contributed by atoms with Gasteiger partial charge in [-0.3, -0.25) is 18.8 Å². The third kappa shape index (κ3) is 5.06. The van der Waals surface area contributed by atoms with Crippen molar-refractivity contribution in [1.82, 2.24) is 24.6 Å². The minimum Gasteiger partial charge on any atom is -0.353 e. The van der Waals surface area contributed by atoms with Gasteiger partial charge in [-0.05, 0) is 38.7 Å². The van der Waals surface area contributed by atoms with Crippen LogP contribution in [0.2, 0.25) is 0 Å². The summed E-state index contributed by atoms with van der Waals surface area (Å²) in [5, 5.41) is 8.23. The lowest BCUT2D eigenvalue weighted by Crippen LogP contribution is -2.37. The van der Waals surface area contributed by atoms with Gasteiger partial charge in [-0.1, -0.05) is 61.4 Å². The lowest BCUT2D eigenvalue weighted by atomic mass is 9.95. The largest absolute Gasteiger partial charge is 0.353 e. The number of hydrogen-bond donors (Lipinski definition) is 1. The van der Waals surface area contributed by atoms with Crippen molar-refractivity contribution in [2.24, 2.45) is 0 Å². The fourth-order valence-electron chi connectivity index (χ4n) is 4.36. The van der Waals surface area contributed by atoms with Crippen LogP contribution in [0.1, 0.15) is 50.3 Å². The molecule has 8 heteroatoms. The monoisotopic (exact) mass is 453 g/mol. The Balaban J connectivity index is 1.59. The lowest BCUT2D eigenvalue weighted by Gasteiger charge is -2.22. The quantitative estimate of drug-likeness (QED) is 0.415. The first-order chi connectivity index (χ1) is 15.6. The zero-order chi connectivity index (χ0) is 22.5. The van der Waals surface area contributed by atoms with Gasteiger partial charge in [0.1, 0.15) is 5.52 Å². The Morgan fingerprint density at radius 2 is 1.94 bits per heavy atom. The number of amides is 1. The molecule has 0 atom stereocenters. The summed E-state index contributed by atoms with van der Waals surface area (Å²) in [6.07, 6.45) is 6.43. The van der Waals surface area contributed by atoms with E-state index < -0.39 is 0 Å². The summed E-state index contributed by atoms with van der Waals surface area (Å²) in [6, 6.07) is 10.4. The fraction of sp³-hybridized carbons (Fsp3) is 0.500. The summed E-state index contributed by atoms with van der Waals surface area (Å²) in [5.41, 5.74) is 2.97. The summed E-state index contributed by atoms with van der Waals surface area (Å²) in [5.74, 6) is 0.257. The lowest BCUT2D eigenvalue weighted by molar-refractivity contribution is -0.119. The average molecular weight is 454 g/mol. The molecule has 1 amide bonds. The van der Waals surface area contributed by atoms with Crippen molar-refractivity contribution in [3.8, 4) is 0 Å². The van der Waals surface area contributed by atoms with Gasteiger partial charge in [-0.2, -0.15) is 5.10 Å². The molecule has 4 rings (SSSR count). The van der Waals surface area contributed by atoms with Gasteiger partial charge in [0.15, 0.2) is 10.7 Å².